The van der Waals surface area contributed by atoms with Gasteiger partial charge in [-0.25, -0.2) is 37.1 Å². The molecule has 2 aromatic heterocycles. The number of benzene rings is 1. The van der Waals surface area contributed by atoms with Crippen LogP contribution in [0.5, 0.6) is 11.6 Å². The summed E-state index contributed by atoms with van der Waals surface area (Å²) in [6.45, 7) is 0.0148. The maximum absolute atomic E-state index is 16.4. The highest BCUT2D eigenvalue weighted by Gasteiger charge is 2.56. The Labute approximate surface area is 188 Å². The van der Waals surface area contributed by atoms with Gasteiger partial charge in [-0.2, -0.15) is 0 Å². The lowest BCUT2D eigenvalue weighted by molar-refractivity contribution is 0.157. The van der Waals surface area contributed by atoms with Gasteiger partial charge >= 0.3 is 0 Å². The number of hydrogen-bond donors (Lipinski definition) is 2. The average Bonchev–Trinajstić information content (AvgIpc) is 2.94. The van der Waals surface area contributed by atoms with E-state index in [1.54, 1.807) is 24.4 Å². The molecular formula is C20H20FN7O4S. The molecule has 0 fully saturated rings. The third-order valence-corrected chi connectivity index (χ3v) is 7.89. The first-order chi connectivity index (χ1) is 15.7. The minimum absolute atomic E-state index is 0.0148. The molecule has 0 saturated heterocycles. The zero-order valence-corrected chi connectivity index (χ0v) is 18.5. The summed E-state index contributed by atoms with van der Waals surface area (Å²) in [6.07, 6.45) is 2.92. The number of nitrogens with two attached hydrogens (primary N) is 1. The second-order valence-electron chi connectivity index (χ2n) is 7.56. The van der Waals surface area contributed by atoms with Crippen LogP contribution in [0, 0.1) is 0 Å². The molecular weight excluding hydrogens is 453 g/mol. The molecule has 2 atom stereocenters. The number of fused-ring (bicyclic) bond motifs is 4. The summed E-state index contributed by atoms with van der Waals surface area (Å²) in [5, 5.41) is 1.61. The lowest BCUT2D eigenvalue weighted by Crippen LogP contribution is -2.55. The molecule has 2 aliphatic rings. The van der Waals surface area contributed by atoms with E-state index in [-0.39, 0.29) is 24.3 Å². The van der Waals surface area contributed by atoms with Crippen molar-refractivity contribution in [3.63, 3.8) is 0 Å². The van der Waals surface area contributed by atoms with Crippen LogP contribution in [-0.4, -0.2) is 59.6 Å². The molecule has 5 rings (SSSR count). The van der Waals surface area contributed by atoms with Crippen molar-refractivity contribution >= 4 is 38.5 Å². The summed E-state index contributed by atoms with van der Waals surface area (Å²) >= 11 is 0. The molecule has 172 valence electrons. The number of halogens is 1. The third-order valence-electron chi connectivity index (χ3n) is 5.67. The Hall–Kier alpha value is -3.74. The van der Waals surface area contributed by atoms with Crippen LogP contribution in [0.25, 0.3) is 11.0 Å². The van der Waals surface area contributed by atoms with Gasteiger partial charge in [-0.15, -0.1) is 0 Å². The molecule has 3 N–H and O–H groups in total. The van der Waals surface area contributed by atoms with E-state index in [1.165, 1.54) is 26.4 Å². The van der Waals surface area contributed by atoms with E-state index < -0.39 is 27.0 Å². The molecule has 3 aromatic rings. The first-order valence-electron chi connectivity index (χ1n) is 9.96. The van der Waals surface area contributed by atoms with Crippen LogP contribution in [0.15, 0.2) is 41.7 Å². The van der Waals surface area contributed by atoms with E-state index in [2.05, 4.69) is 25.3 Å². The van der Waals surface area contributed by atoms with Crippen molar-refractivity contribution in [2.45, 2.75) is 17.5 Å². The Balaban J connectivity index is 1.60. The molecule has 0 saturated carbocycles. The number of guanidine groups is 1. The number of methoxy groups -OCH3 is 1. The number of aromatic nitrogens is 3. The van der Waals surface area contributed by atoms with Gasteiger partial charge in [0.2, 0.25) is 21.9 Å². The number of anilines is 2. The second-order valence-corrected chi connectivity index (χ2v) is 9.70. The maximum atomic E-state index is 16.4. The van der Waals surface area contributed by atoms with E-state index in [0.29, 0.717) is 28.4 Å². The van der Waals surface area contributed by atoms with Gasteiger partial charge in [0.25, 0.3) is 5.79 Å². The van der Waals surface area contributed by atoms with Crippen LogP contribution in [0.2, 0.25) is 0 Å². The van der Waals surface area contributed by atoms with Crippen LogP contribution in [0.1, 0.15) is 12.0 Å². The van der Waals surface area contributed by atoms with Crippen molar-refractivity contribution in [3.05, 3.63) is 42.2 Å². The van der Waals surface area contributed by atoms with Gasteiger partial charge in [0.1, 0.15) is 16.5 Å². The lowest BCUT2D eigenvalue weighted by Gasteiger charge is -2.37. The standard InChI is InChI=1S/C20H20FN7O4S/c1-28-19(22)27-20(21)12-9-11(3-4-14(12)32-8-6-15(20)33(28,29)30)25-18-17-13(5-7-23-18)26-16(31-2)10-24-17/h3-5,7,9-10,15H,6,8H2,1-2H3,(H2,22,27)(H,23,25)/t15-,20+/m0/s1. The molecule has 0 aliphatic carbocycles. The Bertz CT molecular complexity index is 1400. The van der Waals surface area contributed by atoms with Crippen LogP contribution in [0.3, 0.4) is 0 Å². The van der Waals surface area contributed by atoms with Gasteiger partial charge in [0.15, 0.2) is 5.82 Å². The van der Waals surface area contributed by atoms with Crippen molar-refractivity contribution in [3.8, 4) is 11.6 Å². The minimum atomic E-state index is -4.08. The van der Waals surface area contributed by atoms with Gasteiger partial charge in [0, 0.05) is 25.4 Å². The van der Waals surface area contributed by atoms with Crippen molar-refractivity contribution in [2.24, 2.45) is 10.7 Å². The van der Waals surface area contributed by atoms with Crippen LogP contribution in [0.4, 0.5) is 15.9 Å². The molecule has 4 heterocycles. The van der Waals surface area contributed by atoms with E-state index in [1.807, 2.05) is 0 Å². The quantitative estimate of drug-likeness (QED) is 0.542. The summed E-state index contributed by atoms with van der Waals surface area (Å²) in [4.78, 5) is 16.9. The molecule has 11 nitrogen and oxygen atoms in total. The van der Waals surface area contributed by atoms with Crippen LogP contribution >= 0.6 is 0 Å². The molecule has 0 bridgehead atoms. The van der Waals surface area contributed by atoms with E-state index in [0.717, 1.165) is 4.31 Å². The number of rotatable bonds is 3. The molecule has 0 unspecified atom stereocenters. The fourth-order valence-corrected chi connectivity index (χ4v) is 5.59. The van der Waals surface area contributed by atoms with E-state index in [4.69, 9.17) is 15.2 Å². The SMILES string of the molecule is COc1cnc2c(Nc3ccc4c(c3)[C@@]3(F)N=C(N)N(C)S(=O)(=O)[C@H]3CCO4)nccc2n1. The molecule has 0 radical (unpaired) electrons. The Morgan fingerprint density at radius 2 is 2.15 bits per heavy atom. The highest BCUT2D eigenvalue weighted by atomic mass is 32.2. The second kappa shape index (κ2) is 7.40. The molecule has 13 heteroatoms. The number of hydrogen-bond acceptors (Lipinski definition) is 10. The summed E-state index contributed by atoms with van der Waals surface area (Å²) in [5.41, 5.74) is 7.18. The lowest BCUT2D eigenvalue weighted by atomic mass is 9.98. The number of alkyl halides is 1. The fraction of sp³-hybridized carbons (Fsp3) is 0.300. The molecule has 33 heavy (non-hydrogen) atoms. The molecule has 2 aliphatic heterocycles. The number of ether oxygens (including phenoxy) is 2. The summed E-state index contributed by atoms with van der Waals surface area (Å²) in [6, 6.07) is 6.35. The van der Waals surface area contributed by atoms with Gasteiger partial charge in [0.05, 0.1) is 31.0 Å². The maximum Gasteiger partial charge on any atom is 0.251 e. The predicted octanol–water partition coefficient (Wildman–Crippen LogP) is 1.64. The summed E-state index contributed by atoms with van der Waals surface area (Å²) < 4.78 is 53.8. The van der Waals surface area contributed by atoms with Crippen molar-refractivity contribution in [1.29, 1.82) is 0 Å². The smallest absolute Gasteiger partial charge is 0.251 e. The van der Waals surface area contributed by atoms with Gasteiger partial charge in [-0.05, 0) is 24.3 Å². The van der Waals surface area contributed by atoms with Crippen molar-refractivity contribution < 1.29 is 22.3 Å². The van der Waals surface area contributed by atoms with Gasteiger partial charge < -0.3 is 20.5 Å². The molecule has 0 spiro atoms. The highest BCUT2D eigenvalue weighted by Crippen LogP contribution is 2.47. The Kier molecular flexibility index (Phi) is 4.74. The monoisotopic (exact) mass is 473 g/mol. The topological polar surface area (TPSA) is 145 Å². The summed E-state index contributed by atoms with van der Waals surface area (Å²) in [7, 11) is -1.34. The zero-order valence-electron chi connectivity index (χ0n) is 17.7. The predicted molar refractivity (Wildman–Crippen MR) is 119 cm³/mol. The number of nitrogens with one attached hydrogen (secondary N) is 1. The minimum Gasteiger partial charge on any atom is -0.493 e. The average molecular weight is 473 g/mol. The number of nitrogens with zero attached hydrogens (tertiary/aromatic N) is 5. The normalized spacial score (nSPS) is 23.5. The molecule has 0 amide bonds. The number of sulfonamides is 1. The zero-order chi connectivity index (χ0) is 23.4. The van der Waals surface area contributed by atoms with Gasteiger partial charge in [-0.1, -0.05) is 0 Å². The van der Waals surface area contributed by atoms with E-state index >= 15 is 4.39 Å². The van der Waals surface area contributed by atoms with Crippen molar-refractivity contribution in [2.75, 3.05) is 26.1 Å². The summed E-state index contributed by atoms with van der Waals surface area (Å²) in [5.74, 6) is -2.12. The third kappa shape index (κ3) is 3.26. The Morgan fingerprint density at radius 3 is 2.94 bits per heavy atom. The Morgan fingerprint density at radius 1 is 1.33 bits per heavy atom. The largest absolute Gasteiger partial charge is 0.493 e. The first kappa shape index (κ1) is 21.1. The van der Waals surface area contributed by atoms with E-state index in [9.17, 15) is 8.42 Å². The van der Waals surface area contributed by atoms with Crippen molar-refractivity contribution in [1.82, 2.24) is 19.3 Å². The highest BCUT2D eigenvalue weighted by molar-refractivity contribution is 7.90. The van der Waals surface area contributed by atoms with Crippen LogP contribution < -0.4 is 20.5 Å². The van der Waals surface area contributed by atoms with Gasteiger partial charge in [-0.3, -0.25) is 0 Å². The fourth-order valence-electron chi connectivity index (χ4n) is 3.94. The first-order valence-corrected chi connectivity index (χ1v) is 11.5. The number of pyridine rings is 1. The number of aliphatic imine (C=N–C) groups is 1. The molecule has 1 aromatic carbocycles. The van der Waals surface area contributed by atoms with Crippen LogP contribution in [-0.2, 0) is 15.8 Å².